The summed E-state index contributed by atoms with van der Waals surface area (Å²) in [6, 6.07) is 2.58. The van der Waals surface area contributed by atoms with Crippen molar-refractivity contribution < 1.29 is 8.60 Å². The number of nitrogens with zero attached hydrogens (tertiary/aromatic N) is 2. The molecule has 1 unspecified atom stereocenters. The van der Waals surface area contributed by atoms with Crippen LogP contribution in [0.25, 0.3) is 0 Å². The number of rotatable bonds is 4. The molecule has 1 heterocycles. The van der Waals surface area contributed by atoms with Crippen LogP contribution in [0.2, 0.25) is 5.15 Å². The lowest BCUT2D eigenvalue weighted by Gasteiger charge is -2.06. The van der Waals surface area contributed by atoms with Gasteiger partial charge in [0.25, 0.3) is 0 Å². The van der Waals surface area contributed by atoms with Gasteiger partial charge in [-0.2, -0.15) is 4.40 Å². The minimum atomic E-state index is -1.37. The number of halogens is 2. The Hall–Kier alpha value is -0.810. The first-order valence-corrected chi connectivity index (χ1v) is 6.78. The Balaban J connectivity index is 3.03. The quantitative estimate of drug-likeness (QED) is 0.626. The van der Waals surface area contributed by atoms with Crippen molar-refractivity contribution in [2.24, 2.45) is 4.40 Å². The van der Waals surface area contributed by atoms with E-state index in [1.54, 1.807) is 6.92 Å². The van der Waals surface area contributed by atoms with Crippen molar-refractivity contribution in [1.82, 2.24) is 4.98 Å². The van der Waals surface area contributed by atoms with Gasteiger partial charge in [0.1, 0.15) is 21.8 Å². The maximum atomic E-state index is 13.5. The van der Waals surface area contributed by atoms with E-state index in [0.717, 1.165) is 6.42 Å². The third-order valence-electron chi connectivity index (χ3n) is 2.30. The first-order valence-electron chi connectivity index (χ1n) is 5.24. The summed E-state index contributed by atoms with van der Waals surface area (Å²) in [6.45, 7) is 5.32. The normalized spacial score (nSPS) is 15.7. The highest BCUT2D eigenvalue weighted by Gasteiger charge is 2.12. The van der Waals surface area contributed by atoms with E-state index in [9.17, 15) is 8.60 Å². The van der Waals surface area contributed by atoms with Gasteiger partial charge in [0.2, 0.25) is 0 Å². The third-order valence-corrected chi connectivity index (χ3v) is 3.99. The molecule has 1 aromatic rings. The lowest BCUT2D eigenvalue weighted by Crippen LogP contribution is -2.10. The van der Waals surface area contributed by atoms with Gasteiger partial charge < -0.3 is 0 Å². The highest BCUT2D eigenvalue weighted by atomic mass is 35.5. The molecule has 0 amide bonds. The largest absolute Gasteiger partial charge is 0.235 e. The molecule has 94 valence electrons. The van der Waals surface area contributed by atoms with Gasteiger partial charge in [-0.15, -0.1) is 0 Å². The molecule has 0 aliphatic rings. The van der Waals surface area contributed by atoms with E-state index in [-0.39, 0.29) is 16.1 Å². The van der Waals surface area contributed by atoms with Crippen molar-refractivity contribution >= 4 is 28.3 Å². The van der Waals surface area contributed by atoms with Crippen molar-refractivity contribution in [2.45, 2.75) is 32.4 Å². The average molecular weight is 277 g/mol. The van der Waals surface area contributed by atoms with Crippen LogP contribution in [0.3, 0.4) is 0 Å². The minimum absolute atomic E-state index is 0.0501. The molecule has 0 N–H and O–H groups in total. The Bertz CT molecular complexity index is 465. The van der Waals surface area contributed by atoms with Crippen molar-refractivity contribution in [3.05, 3.63) is 28.8 Å². The lowest BCUT2D eigenvalue weighted by molar-refractivity contribution is 0.618. The zero-order valence-electron chi connectivity index (χ0n) is 9.91. The number of pyridine rings is 1. The standard InChI is InChI=1S/C11H14ClFN2OS/c1-4-7(2)17(16)15-8(3)11-9(13)5-6-10(12)14-11/h5-7H,4H2,1-3H3/t7-,17?/m1/s1. The molecule has 17 heavy (non-hydrogen) atoms. The van der Waals surface area contributed by atoms with E-state index in [4.69, 9.17) is 11.6 Å². The summed E-state index contributed by atoms with van der Waals surface area (Å²) >= 11 is 5.68. The molecular formula is C11H14ClFN2OS. The van der Waals surface area contributed by atoms with Gasteiger partial charge in [0, 0.05) is 0 Å². The number of aromatic nitrogens is 1. The van der Waals surface area contributed by atoms with Gasteiger partial charge in [-0.05, 0) is 32.4 Å². The highest BCUT2D eigenvalue weighted by molar-refractivity contribution is 7.84. The summed E-state index contributed by atoms with van der Waals surface area (Å²) < 4.78 is 29.1. The van der Waals surface area contributed by atoms with E-state index in [0.29, 0.717) is 5.71 Å². The molecule has 6 heteroatoms. The van der Waals surface area contributed by atoms with Crippen LogP contribution < -0.4 is 0 Å². The molecule has 1 aromatic heterocycles. The molecule has 0 aliphatic heterocycles. The second kappa shape index (κ2) is 6.21. The fraction of sp³-hybridized carbons (Fsp3) is 0.455. The molecule has 0 aromatic carbocycles. The van der Waals surface area contributed by atoms with Crippen LogP contribution in [0.1, 0.15) is 32.9 Å². The van der Waals surface area contributed by atoms with E-state index in [1.807, 2.05) is 13.8 Å². The first-order chi connectivity index (χ1) is 7.95. The first kappa shape index (κ1) is 14.3. The SMILES string of the molecule is CC[C@@H](C)S(=O)N=C(C)c1nc(Cl)ccc1F. The van der Waals surface area contributed by atoms with Gasteiger partial charge in [0.05, 0.1) is 11.0 Å². The molecule has 3 nitrogen and oxygen atoms in total. The van der Waals surface area contributed by atoms with E-state index < -0.39 is 16.8 Å². The summed E-state index contributed by atoms with van der Waals surface area (Å²) in [5, 5.41) is 0.123. The van der Waals surface area contributed by atoms with Crippen molar-refractivity contribution in [3.63, 3.8) is 0 Å². The third kappa shape index (κ3) is 3.85. The Kier molecular flexibility index (Phi) is 5.21. The van der Waals surface area contributed by atoms with Gasteiger partial charge in [-0.3, -0.25) is 0 Å². The van der Waals surface area contributed by atoms with Gasteiger partial charge in [-0.25, -0.2) is 13.6 Å². The van der Waals surface area contributed by atoms with Crippen LogP contribution in [-0.4, -0.2) is 20.2 Å². The molecule has 0 saturated heterocycles. The fourth-order valence-electron chi connectivity index (χ4n) is 1.08. The molecular weight excluding hydrogens is 263 g/mol. The van der Waals surface area contributed by atoms with Crippen molar-refractivity contribution in [1.29, 1.82) is 0 Å². The lowest BCUT2D eigenvalue weighted by atomic mass is 10.2. The van der Waals surface area contributed by atoms with Crippen LogP contribution in [0.5, 0.6) is 0 Å². The van der Waals surface area contributed by atoms with E-state index in [2.05, 4.69) is 9.38 Å². The average Bonchev–Trinajstić information content (AvgIpc) is 2.30. The van der Waals surface area contributed by atoms with Crippen LogP contribution in [0.4, 0.5) is 4.39 Å². The second-order valence-electron chi connectivity index (χ2n) is 3.64. The molecule has 0 fully saturated rings. The molecule has 1 rings (SSSR count). The van der Waals surface area contributed by atoms with Crippen LogP contribution in [0, 0.1) is 5.82 Å². The zero-order valence-corrected chi connectivity index (χ0v) is 11.5. The molecule has 0 bridgehead atoms. The molecule has 0 saturated carbocycles. The maximum absolute atomic E-state index is 13.5. The zero-order chi connectivity index (χ0) is 13.0. The summed E-state index contributed by atoms with van der Waals surface area (Å²) in [5.74, 6) is -0.517. The molecule has 0 aliphatic carbocycles. The Morgan fingerprint density at radius 3 is 2.88 bits per heavy atom. The van der Waals surface area contributed by atoms with Crippen LogP contribution in [0.15, 0.2) is 16.5 Å². The summed E-state index contributed by atoms with van der Waals surface area (Å²) in [7, 11) is -1.37. The summed E-state index contributed by atoms with van der Waals surface area (Å²) in [6.07, 6.45) is 0.745. The van der Waals surface area contributed by atoms with Crippen LogP contribution >= 0.6 is 11.6 Å². The van der Waals surface area contributed by atoms with Crippen molar-refractivity contribution in [3.8, 4) is 0 Å². The molecule has 2 atom stereocenters. The van der Waals surface area contributed by atoms with E-state index >= 15 is 0 Å². The minimum Gasteiger partial charge on any atom is -0.235 e. The monoisotopic (exact) mass is 276 g/mol. The molecule has 0 spiro atoms. The van der Waals surface area contributed by atoms with Gasteiger partial charge in [0.15, 0.2) is 5.82 Å². The smallest absolute Gasteiger partial charge is 0.150 e. The topological polar surface area (TPSA) is 42.3 Å². The highest BCUT2D eigenvalue weighted by Crippen LogP contribution is 2.12. The second-order valence-corrected chi connectivity index (χ2v) is 5.56. The van der Waals surface area contributed by atoms with Gasteiger partial charge in [-0.1, -0.05) is 18.5 Å². The fourth-order valence-corrected chi connectivity index (χ4v) is 2.05. The van der Waals surface area contributed by atoms with Crippen molar-refractivity contribution in [2.75, 3.05) is 0 Å². The maximum Gasteiger partial charge on any atom is 0.150 e. The van der Waals surface area contributed by atoms with E-state index in [1.165, 1.54) is 12.1 Å². The Morgan fingerprint density at radius 2 is 2.29 bits per heavy atom. The Labute approximate surface area is 108 Å². The van der Waals surface area contributed by atoms with Gasteiger partial charge >= 0.3 is 0 Å². The van der Waals surface area contributed by atoms with Crippen LogP contribution in [-0.2, 0) is 11.0 Å². The molecule has 0 radical (unpaired) electrons. The number of hydrogen-bond acceptors (Lipinski definition) is 2. The Morgan fingerprint density at radius 1 is 1.65 bits per heavy atom. The summed E-state index contributed by atoms with van der Waals surface area (Å²) in [5.41, 5.74) is 0.345. The number of hydrogen-bond donors (Lipinski definition) is 0. The summed E-state index contributed by atoms with van der Waals surface area (Å²) in [4.78, 5) is 3.84. The predicted molar refractivity (Wildman–Crippen MR) is 69.3 cm³/mol. The predicted octanol–water partition coefficient (Wildman–Crippen LogP) is 3.15.